The molecule has 0 aliphatic carbocycles. The van der Waals surface area contributed by atoms with Crippen LogP contribution in [0.1, 0.15) is 48.1 Å². The number of aryl methyl sites for hydroxylation is 2. The van der Waals surface area contributed by atoms with Crippen molar-refractivity contribution in [2.45, 2.75) is 40.0 Å². The minimum atomic E-state index is -0.666. The van der Waals surface area contributed by atoms with Crippen LogP contribution in [-0.2, 0) is 5.41 Å². The lowest BCUT2D eigenvalue weighted by Crippen LogP contribution is -2.21. The number of nitrogens with two attached hydrogens (primary N) is 1. The van der Waals surface area contributed by atoms with Gasteiger partial charge in [-0.1, -0.05) is 38.4 Å². The van der Waals surface area contributed by atoms with Gasteiger partial charge in [0, 0.05) is 29.4 Å². The Hall–Kier alpha value is -4.37. The molecule has 0 unspecified atom stereocenters. The second-order valence-electron chi connectivity index (χ2n) is 9.99. The zero-order valence-electron chi connectivity index (χ0n) is 21.8. The topological polar surface area (TPSA) is 124 Å². The second-order valence-corrected chi connectivity index (χ2v) is 10.4. The molecular formula is C28H29ClN6O3. The van der Waals surface area contributed by atoms with Crippen LogP contribution in [0.3, 0.4) is 0 Å². The molecule has 2 heterocycles. The van der Waals surface area contributed by atoms with Crippen molar-refractivity contribution in [3.8, 4) is 17.2 Å². The number of pyridine rings is 1. The van der Waals surface area contributed by atoms with E-state index in [9.17, 15) is 9.59 Å². The van der Waals surface area contributed by atoms with E-state index >= 15 is 0 Å². The van der Waals surface area contributed by atoms with Crippen molar-refractivity contribution in [1.29, 1.82) is 0 Å². The zero-order valence-corrected chi connectivity index (χ0v) is 22.6. The lowest BCUT2D eigenvalue weighted by atomic mass is 9.92. The van der Waals surface area contributed by atoms with Crippen LogP contribution in [0.5, 0.6) is 11.5 Å². The number of aromatic nitrogens is 3. The van der Waals surface area contributed by atoms with Gasteiger partial charge in [0.2, 0.25) is 0 Å². The van der Waals surface area contributed by atoms with E-state index in [0.717, 1.165) is 22.5 Å². The van der Waals surface area contributed by atoms with Crippen LogP contribution in [-0.4, -0.2) is 26.7 Å². The molecule has 4 rings (SSSR count). The fourth-order valence-electron chi connectivity index (χ4n) is 3.78. The average Bonchev–Trinajstić information content (AvgIpc) is 3.24. The van der Waals surface area contributed by atoms with E-state index in [1.54, 1.807) is 28.9 Å². The molecule has 0 saturated carbocycles. The van der Waals surface area contributed by atoms with Crippen molar-refractivity contribution >= 4 is 35.0 Å². The molecular weight excluding hydrogens is 504 g/mol. The molecule has 3 amide bonds. The Bertz CT molecular complexity index is 1500. The predicted molar refractivity (Wildman–Crippen MR) is 149 cm³/mol. The number of nitrogens with zero attached hydrogens (tertiary/aromatic N) is 3. The van der Waals surface area contributed by atoms with Gasteiger partial charge in [-0.05, 0) is 61.4 Å². The van der Waals surface area contributed by atoms with E-state index in [0.29, 0.717) is 23.0 Å². The quantitative estimate of drug-likeness (QED) is 0.266. The number of anilines is 2. The summed E-state index contributed by atoms with van der Waals surface area (Å²) in [5.41, 5.74) is 9.47. The molecule has 9 nitrogen and oxygen atoms in total. The summed E-state index contributed by atoms with van der Waals surface area (Å²) >= 11 is 6.40. The summed E-state index contributed by atoms with van der Waals surface area (Å²) in [5.74, 6) is 0.553. The summed E-state index contributed by atoms with van der Waals surface area (Å²) in [7, 11) is 0. The summed E-state index contributed by atoms with van der Waals surface area (Å²) < 4.78 is 7.49. The van der Waals surface area contributed by atoms with Gasteiger partial charge in [-0.25, -0.2) is 9.48 Å². The smallest absolute Gasteiger partial charge is 0.324 e. The van der Waals surface area contributed by atoms with Gasteiger partial charge in [-0.15, -0.1) is 0 Å². The Labute approximate surface area is 226 Å². The Kier molecular flexibility index (Phi) is 7.41. The number of hydrogen-bond acceptors (Lipinski definition) is 5. The van der Waals surface area contributed by atoms with Gasteiger partial charge in [0.15, 0.2) is 0 Å². The molecule has 0 atom stereocenters. The third-order valence-corrected chi connectivity index (χ3v) is 5.87. The fourth-order valence-corrected chi connectivity index (χ4v) is 4.00. The van der Waals surface area contributed by atoms with Gasteiger partial charge in [0.1, 0.15) is 23.0 Å². The second kappa shape index (κ2) is 10.5. The fraction of sp³-hybridized carbons (Fsp3) is 0.214. The van der Waals surface area contributed by atoms with Crippen LogP contribution in [0.25, 0.3) is 5.69 Å². The van der Waals surface area contributed by atoms with Gasteiger partial charge in [0.05, 0.1) is 16.4 Å². The summed E-state index contributed by atoms with van der Waals surface area (Å²) in [6, 6.07) is 15.4. The minimum Gasteiger partial charge on any atom is -0.456 e. The molecule has 10 heteroatoms. The number of carbonyl (C=O) groups excluding carboxylic acids is 2. The van der Waals surface area contributed by atoms with Crippen LogP contribution in [0, 0.1) is 13.8 Å². The Morgan fingerprint density at radius 2 is 1.68 bits per heavy atom. The van der Waals surface area contributed by atoms with E-state index in [1.807, 2.05) is 32.0 Å². The molecule has 0 aliphatic heterocycles. The first-order valence-corrected chi connectivity index (χ1v) is 12.3. The van der Waals surface area contributed by atoms with Gasteiger partial charge in [0.25, 0.3) is 5.91 Å². The maximum absolute atomic E-state index is 13.0. The highest BCUT2D eigenvalue weighted by atomic mass is 35.5. The van der Waals surface area contributed by atoms with E-state index in [-0.39, 0.29) is 16.1 Å². The molecule has 4 N–H and O–H groups in total. The summed E-state index contributed by atoms with van der Waals surface area (Å²) in [6.07, 6.45) is 1.41. The maximum atomic E-state index is 13.0. The largest absolute Gasteiger partial charge is 0.456 e. The highest BCUT2D eigenvalue weighted by Crippen LogP contribution is 2.32. The zero-order chi connectivity index (χ0) is 27.6. The summed E-state index contributed by atoms with van der Waals surface area (Å²) in [6.45, 7) is 10.2. The summed E-state index contributed by atoms with van der Waals surface area (Å²) in [5, 5.41) is 10.7. The molecule has 38 heavy (non-hydrogen) atoms. The maximum Gasteiger partial charge on any atom is 0.324 e. The van der Waals surface area contributed by atoms with Gasteiger partial charge < -0.3 is 15.8 Å². The van der Waals surface area contributed by atoms with Gasteiger partial charge in [-0.3, -0.25) is 15.1 Å². The SMILES string of the molecule is Cc1cc(C)cc(-n2nc(C(C)(C)C)cc2NC(=O)Nc2ccc(Oc3ccnc(C(N)=O)c3)c(Cl)c2)c1. The molecule has 4 aromatic rings. The van der Waals surface area contributed by atoms with E-state index in [1.165, 1.54) is 12.3 Å². The van der Waals surface area contributed by atoms with E-state index < -0.39 is 11.9 Å². The molecule has 0 spiro atoms. The van der Waals surface area contributed by atoms with Crippen molar-refractivity contribution in [3.05, 3.63) is 88.3 Å². The lowest BCUT2D eigenvalue weighted by Gasteiger charge is -2.14. The van der Waals surface area contributed by atoms with Crippen molar-refractivity contribution in [3.63, 3.8) is 0 Å². The van der Waals surface area contributed by atoms with Crippen molar-refractivity contribution < 1.29 is 14.3 Å². The molecule has 0 radical (unpaired) electrons. The molecule has 0 aliphatic rings. The molecule has 2 aromatic carbocycles. The first-order valence-electron chi connectivity index (χ1n) is 11.9. The normalized spacial score (nSPS) is 11.2. The Morgan fingerprint density at radius 3 is 2.32 bits per heavy atom. The number of benzene rings is 2. The van der Waals surface area contributed by atoms with Gasteiger partial charge in [-0.2, -0.15) is 5.10 Å². The molecule has 0 saturated heterocycles. The first-order chi connectivity index (χ1) is 17.9. The molecule has 0 fully saturated rings. The lowest BCUT2D eigenvalue weighted by molar-refractivity contribution is 0.0995. The Morgan fingerprint density at radius 1 is 0.974 bits per heavy atom. The third-order valence-electron chi connectivity index (χ3n) is 5.57. The molecule has 2 aromatic heterocycles. The van der Waals surface area contributed by atoms with Crippen LogP contribution in [0.4, 0.5) is 16.3 Å². The number of rotatable bonds is 6. The highest BCUT2D eigenvalue weighted by Gasteiger charge is 2.22. The van der Waals surface area contributed by atoms with E-state index in [2.05, 4.69) is 42.5 Å². The number of amides is 3. The van der Waals surface area contributed by atoms with Crippen molar-refractivity contribution in [2.24, 2.45) is 5.73 Å². The third kappa shape index (κ3) is 6.30. The highest BCUT2D eigenvalue weighted by molar-refractivity contribution is 6.32. The van der Waals surface area contributed by atoms with Crippen LogP contribution in [0.2, 0.25) is 5.02 Å². The molecule has 196 valence electrons. The number of carbonyl (C=O) groups is 2. The number of hydrogen-bond donors (Lipinski definition) is 3. The monoisotopic (exact) mass is 532 g/mol. The number of ether oxygens (including phenoxy) is 1. The number of primary amides is 1. The summed E-state index contributed by atoms with van der Waals surface area (Å²) in [4.78, 5) is 28.2. The van der Waals surface area contributed by atoms with Gasteiger partial charge >= 0.3 is 6.03 Å². The number of nitrogens with one attached hydrogen (secondary N) is 2. The van der Waals surface area contributed by atoms with Crippen LogP contribution < -0.4 is 21.1 Å². The van der Waals surface area contributed by atoms with Crippen molar-refractivity contribution in [1.82, 2.24) is 14.8 Å². The van der Waals surface area contributed by atoms with E-state index in [4.69, 9.17) is 27.2 Å². The average molecular weight is 533 g/mol. The Balaban J connectivity index is 1.53. The molecule has 0 bridgehead atoms. The number of halogens is 1. The number of urea groups is 1. The minimum absolute atomic E-state index is 0.0725. The van der Waals surface area contributed by atoms with Crippen LogP contribution >= 0.6 is 11.6 Å². The standard InChI is InChI=1S/C28H29ClN6O3/c1-16-10-17(2)12-19(11-16)35-25(15-24(34-35)28(3,4)5)33-27(37)32-18-6-7-23(21(29)13-18)38-20-8-9-31-22(14-20)26(30)36/h6-15H,1-5H3,(H2,30,36)(H2,32,33,37). The van der Waals surface area contributed by atoms with Crippen molar-refractivity contribution in [2.75, 3.05) is 10.6 Å². The first kappa shape index (κ1) is 26.7. The van der Waals surface area contributed by atoms with Crippen LogP contribution in [0.15, 0.2) is 60.8 Å². The predicted octanol–water partition coefficient (Wildman–Crippen LogP) is 6.37.